The van der Waals surface area contributed by atoms with Crippen LogP contribution in [-0.2, 0) is 17.6 Å². The molecule has 3 aromatic rings. The number of carbonyl (C=O) groups excluding carboxylic acids is 1. The first-order chi connectivity index (χ1) is 18.0. The number of fused-ring (bicyclic) bond motifs is 1. The fourth-order valence-electron chi connectivity index (χ4n) is 5.19. The number of pyridine rings is 1. The number of carbonyl (C=O) groups is 2. The van der Waals surface area contributed by atoms with Gasteiger partial charge >= 0.3 is 5.97 Å². The molecule has 37 heavy (non-hydrogen) atoms. The van der Waals surface area contributed by atoms with Gasteiger partial charge in [0.2, 0.25) is 0 Å². The summed E-state index contributed by atoms with van der Waals surface area (Å²) in [5, 5.41) is 15.9. The Balaban J connectivity index is 1.09. The Bertz CT molecular complexity index is 1230. The van der Waals surface area contributed by atoms with Crippen molar-refractivity contribution in [1.82, 2.24) is 20.2 Å². The normalized spacial score (nSPS) is 18.1. The third-order valence-corrected chi connectivity index (χ3v) is 8.13. The average Bonchev–Trinajstić information content (AvgIpc) is 3.62. The quantitative estimate of drug-likeness (QED) is 0.370. The Labute approximate surface area is 221 Å². The topological polar surface area (TPSA) is 107 Å². The third kappa shape index (κ3) is 6.53. The van der Waals surface area contributed by atoms with Crippen LogP contribution in [0.5, 0.6) is 0 Å². The number of amides is 1. The van der Waals surface area contributed by atoms with Gasteiger partial charge in [0, 0.05) is 37.1 Å². The summed E-state index contributed by atoms with van der Waals surface area (Å²) in [5.41, 5.74) is 5.54. The first kappa shape index (κ1) is 25.4. The number of anilines is 1. The second kappa shape index (κ2) is 11.8. The van der Waals surface area contributed by atoms with Crippen molar-refractivity contribution in [2.75, 3.05) is 31.5 Å². The highest BCUT2D eigenvalue weighted by Gasteiger charge is 2.26. The summed E-state index contributed by atoms with van der Waals surface area (Å²) in [5.74, 6) is 0.256. The van der Waals surface area contributed by atoms with Crippen molar-refractivity contribution in [3.8, 4) is 10.4 Å². The molecular formula is C28H33N5O3S. The van der Waals surface area contributed by atoms with E-state index in [2.05, 4.69) is 32.7 Å². The number of thiazole rings is 1. The zero-order chi connectivity index (χ0) is 25.6. The highest BCUT2D eigenvalue weighted by Crippen LogP contribution is 2.25. The minimum atomic E-state index is -1.00. The van der Waals surface area contributed by atoms with Crippen molar-refractivity contribution in [3.05, 3.63) is 64.9 Å². The summed E-state index contributed by atoms with van der Waals surface area (Å²) in [6.45, 7) is 3.56. The van der Waals surface area contributed by atoms with E-state index in [1.54, 1.807) is 29.9 Å². The molecule has 1 fully saturated rings. The Morgan fingerprint density at radius 1 is 1.27 bits per heavy atom. The third-order valence-electron chi connectivity index (χ3n) is 7.31. The Kier molecular flexibility index (Phi) is 8.11. The first-order valence-corrected chi connectivity index (χ1v) is 13.9. The molecule has 2 atom stereocenters. The zero-order valence-corrected chi connectivity index (χ0v) is 21.7. The molecule has 9 heteroatoms. The molecule has 0 radical (unpaired) electrons. The summed E-state index contributed by atoms with van der Waals surface area (Å²) >= 11 is 1.50. The molecule has 1 aromatic carbocycles. The number of nitrogens with one attached hydrogen (secondary N) is 2. The molecule has 8 nitrogen and oxygen atoms in total. The van der Waals surface area contributed by atoms with Crippen LogP contribution in [0.3, 0.4) is 0 Å². The van der Waals surface area contributed by atoms with Crippen molar-refractivity contribution in [3.63, 3.8) is 0 Å². The van der Waals surface area contributed by atoms with Crippen LogP contribution in [0.25, 0.3) is 10.4 Å². The highest BCUT2D eigenvalue weighted by atomic mass is 32.1. The lowest BCUT2D eigenvalue weighted by atomic mass is 10.00. The standard InChI is InChI=1S/C28H33N5O3S/c34-27(22-4-1-3-21(15-22)25-16-29-18-37-25)32-24(28(35)36)11-14-33-13-10-19(17-33)6-8-23-9-7-20-5-2-12-30-26(20)31-23/h1,3-4,7,9,15-16,18-19,24H,2,5-6,8,10-14,17H2,(H,30,31)(H,32,34)(H,35,36)/t19-,24?/m1/s1. The molecule has 0 saturated carbocycles. The number of aryl methyl sites for hydroxylation is 2. The summed E-state index contributed by atoms with van der Waals surface area (Å²) in [4.78, 5) is 36.9. The number of carboxylic acids is 1. The van der Waals surface area contributed by atoms with Gasteiger partial charge in [0.1, 0.15) is 11.9 Å². The predicted octanol–water partition coefficient (Wildman–Crippen LogP) is 4.09. The number of rotatable bonds is 10. The number of likely N-dealkylation sites (tertiary alicyclic amines) is 1. The molecule has 0 aliphatic carbocycles. The van der Waals surface area contributed by atoms with E-state index in [4.69, 9.17) is 4.98 Å². The number of aromatic nitrogens is 2. The van der Waals surface area contributed by atoms with Crippen molar-refractivity contribution in [2.45, 2.75) is 44.6 Å². The van der Waals surface area contributed by atoms with Gasteiger partial charge in [-0.2, -0.15) is 0 Å². The molecule has 5 rings (SSSR count). The molecule has 2 aromatic heterocycles. The molecule has 3 N–H and O–H groups in total. The van der Waals surface area contributed by atoms with E-state index < -0.39 is 12.0 Å². The van der Waals surface area contributed by atoms with Crippen LogP contribution in [0.1, 0.15) is 47.3 Å². The SMILES string of the molecule is O=C(NC(CCN1CC[C@@H](CCc2ccc3c(n2)NCCC3)C1)C(=O)O)c1cccc(-c2cncs2)c1. The molecule has 1 amide bonds. The van der Waals surface area contributed by atoms with Crippen LogP contribution in [0.4, 0.5) is 5.82 Å². The van der Waals surface area contributed by atoms with E-state index in [1.165, 1.54) is 23.3 Å². The molecule has 2 aliphatic rings. The number of nitrogens with zero attached hydrogens (tertiary/aromatic N) is 3. The lowest BCUT2D eigenvalue weighted by molar-refractivity contribution is -0.139. The second-order valence-corrected chi connectivity index (χ2v) is 10.8. The molecule has 4 heterocycles. The van der Waals surface area contributed by atoms with Crippen molar-refractivity contribution in [1.29, 1.82) is 0 Å². The maximum Gasteiger partial charge on any atom is 0.326 e. The Morgan fingerprint density at radius 2 is 2.19 bits per heavy atom. The van der Waals surface area contributed by atoms with Crippen molar-refractivity contribution < 1.29 is 14.7 Å². The predicted molar refractivity (Wildman–Crippen MR) is 145 cm³/mol. The van der Waals surface area contributed by atoms with Gasteiger partial charge in [-0.15, -0.1) is 11.3 Å². The summed E-state index contributed by atoms with van der Waals surface area (Å²) in [6.07, 6.45) is 7.55. The average molecular weight is 520 g/mol. The zero-order valence-electron chi connectivity index (χ0n) is 20.9. The first-order valence-electron chi connectivity index (χ1n) is 13.0. The fraction of sp³-hybridized carbons (Fsp3) is 0.429. The monoisotopic (exact) mass is 519 g/mol. The fourth-order valence-corrected chi connectivity index (χ4v) is 5.81. The molecule has 2 aliphatic heterocycles. The lowest BCUT2D eigenvalue weighted by Crippen LogP contribution is -2.43. The van der Waals surface area contributed by atoms with Gasteiger partial charge in [0.25, 0.3) is 5.91 Å². The van der Waals surface area contributed by atoms with Gasteiger partial charge in [-0.25, -0.2) is 9.78 Å². The number of hydrogen-bond donors (Lipinski definition) is 3. The smallest absolute Gasteiger partial charge is 0.326 e. The number of aliphatic carboxylic acids is 1. The summed E-state index contributed by atoms with van der Waals surface area (Å²) in [6, 6.07) is 10.6. The highest BCUT2D eigenvalue weighted by molar-refractivity contribution is 7.13. The van der Waals surface area contributed by atoms with E-state index >= 15 is 0 Å². The van der Waals surface area contributed by atoms with Gasteiger partial charge in [-0.3, -0.25) is 9.78 Å². The molecule has 0 bridgehead atoms. The van der Waals surface area contributed by atoms with Gasteiger partial charge in [-0.05, 0) is 80.3 Å². The maximum atomic E-state index is 12.8. The summed E-state index contributed by atoms with van der Waals surface area (Å²) in [7, 11) is 0. The van der Waals surface area contributed by atoms with E-state index in [-0.39, 0.29) is 5.91 Å². The molecule has 194 valence electrons. The van der Waals surface area contributed by atoms with Crippen LogP contribution in [0.15, 0.2) is 48.1 Å². The Morgan fingerprint density at radius 3 is 3.03 bits per heavy atom. The number of benzene rings is 1. The van der Waals surface area contributed by atoms with Crippen molar-refractivity contribution in [2.24, 2.45) is 5.92 Å². The second-order valence-electron chi connectivity index (χ2n) is 9.93. The van der Waals surface area contributed by atoms with Crippen molar-refractivity contribution >= 4 is 29.0 Å². The Hall–Kier alpha value is -3.30. The van der Waals surface area contributed by atoms with Gasteiger partial charge < -0.3 is 20.6 Å². The van der Waals surface area contributed by atoms with Crippen LogP contribution in [-0.4, -0.2) is 64.1 Å². The minimum absolute atomic E-state index is 0.370. The lowest BCUT2D eigenvalue weighted by Gasteiger charge is -2.20. The van der Waals surface area contributed by atoms with E-state index in [0.717, 1.165) is 67.3 Å². The van der Waals surface area contributed by atoms with Gasteiger partial charge in [0.15, 0.2) is 0 Å². The van der Waals surface area contributed by atoms with Crippen LogP contribution in [0.2, 0.25) is 0 Å². The van der Waals surface area contributed by atoms with Gasteiger partial charge in [-0.1, -0.05) is 18.2 Å². The largest absolute Gasteiger partial charge is 0.480 e. The van der Waals surface area contributed by atoms with E-state index in [1.807, 2.05) is 6.07 Å². The number of hydrogen-bond acceptors (Lipinski definition) is 7. The maximum absolute atomic E-state index is 12.8. The van der Waals surface area contributed by atoms with E-state index in [0.29, 0.717) is 24.4 Å². The van der Waals surface area contributed by atoms with Gasteiger partial charge in [0.05, 0.1) is 10.4 Å². The molecule has 1 saturated heterocycles. The number of carboxylic acid groups (broad SMARTS) is 1. The van der Waals surface area contributed by atoms with Crippen LogP contribution >= 0.6 is 11.3 Å². The minimum Gasteiger partial charge on any atom is -0.480 e. The summed E-state index contributed by atoms with van der Waals surface area (Å²) < 4.78 is 0. The molecule has 0 spiro atoms. The molecule has 1 unspecified atom stereocenters. The van der Waals surface area contributed by atoms with E-state index in [9.17, 15) is 14.7 Å². The molecular weight excluding hydrogens is 486 g/mol. The van der Waals surface area contributed by atoms with Crippen LogP contribution < -0.4 is 10.6 Å². The van der Waals surface area contributed by atoms with Crippen LogP contribution in [0, 0.1) is 5.92 Å².